The van der Waals surface area contributed by atoms with Crippen LogP contribution in [-0.4, -0.2) is 25.0 Å². The number of amides is 4. The fourth-order valence-electron chi connectivity index (χ4n) is 3.63. The van der Waals surface area contributed by atoms with Gasteiger partial charge in [0.2, 0.25) is 0 Å². The van der Waals surface area contributed by atoms with E-state index in [1.807, 2.05) is 6.07 Å². The summed E-state index contributed by atoms with van der Waals surface area (Å²) < 4.78 is 11.3. The number of barbiturate groups is 1. The fourth-order valence-corrected chi connectivity index (χ4v) is 4.28. The maximum Gasteiger partial charge on any atom is 0.335 e. The number of hydrogen-bond donors (Lipinski definition) is 1. The molecule has 0 saturated carbocycles. The molecule has 0 aromatic heterocycles. The molecule has 1 N–H and O–H groups in total. The van der Waals surface area contributed by atoms with Gasteiger partial charge in [-0.1, -0.05) is 53.0 Å². The van der Waals surface area contributed by atoms with Crippen LogP contribution in [0.15, 0.2) is 60.2 Å². The molecule has 0 radical (unpaired) electrons. The standard InChI is InChI=1S/C26H19Cl3N2O5/c1-14-19(28)7-4-8-21(14)31-25(33)18(24(32)30-26(31)34)10-16-11-20(29)23(22(12-16)35-2)36-13-15-5-3-6-17(27)9-15/h3-12H,13H2,1-2H3,(H,30,32,34)/b18-10+. The molecule has 1 heterocycles. The van der Waals surface area contributed by atoms with Gasteiger partial charge in [-0.25, -0.2) is 9.69 Å². The first-order chi connectivity index (χ1) is 17.2. The first-order valence-electron chi connectivity index (χ1n) is 10.6. The molecule has 10 heteroatoms. The smallest absolute Gasteiger partial charge is 0.335 e. The minimum Gasteiger partial charge on any atom is -0.493 e. The summed E-state index contributed by atoms with van der Waals surface area (Å²) in [5.41, 5.74) is 1.74. The normalized spacial score (nSPS) is 14.8. The van der Waals surface area contributed by atoms with E-state index in [1.54, 1.807) is 49.4 Å². The van der Waals surface area contributed by atoms with Crippen LogP contribution in [0.1, 0.15) is 16.7 Å². The number of carbonyl (C=O) groups is 3. The number of imide groups is 2. The van der Waals surface area contributed by atoms with Gasteiger partial charge in [0, 0.05) is 10.0 Å². The lowest BCUT2D eigenvalue weighted by Crippen LogP contribution is -2.54. The Labute approximate surface area is 222 Å². The summed E-state index contributed by atoms with van der Waals surface area (Å²) in [6.45, 7) is 1.86. The molecular formula is C26H19Cl3N2O5. The molecule has 0 atom stereocenters. The quantitative estimate of drug-likeness (QED) is 0.294. The van der Waals surface area contributed by atoms with Crippen molar-refractivity contribution in [2.24, 2.45) is 0 Å². The van der Waals surface area contributed by atoms with Gasteiger partial charge in [-0.2, -0.15) is 0 Å². The van der Waals surface area contributed by atoms with Crippen molar-refractivity contribution in [2.75, 3.05) is 12.0 Å². The van der Waals surface area contributed by atoms with Crippen molar-refractivity contribution in [3.63, 3.8) is 0 Å². The average Bonchev–Trinajstić information content (AvgIpc) is 2.83. The third kappa shape index (κ3) is 5.18. The number of nitrogens with one attached hydrogen (secondary N) is 1. The molecule has 36 heavy (non-hydrogen) atoms. The van der Waals surface area contributed by atoms with Crippen molar-refractivity contribution in [2.45, 2.75) is 13.5 Å². The predicted octanol–water partition coefficient (Wildman–Crippen LogP) is 6.21. The molecule has 4 rings (SSSR count). The number of nitrogens with zero attached hydrogens (tertiary/aromatic N) is 1. The van der Waals surface area contributed by atoms with Crippen molar-refractivity contribution in [3.8, 4) is 11.5 Å². The molecule has 184 valence electrons. The Morgan fingerprint density at radius 3 is 2.44 bits per heavy atom. The second kappa shape index (κ2) is 10.6. The summed E-state index contributed by atoms with van der Waals surface area (Å²) >= 11 is 18.6. The molecule has 4 amide bonds. The molecule has 7 nitrogen and oxygen atoms in total. The number of ether oxygens (including phenoxy) is 2. The van der Waals surface area contributed by atoms with Gasteiger partial charge >= 0.3 is 6.03 Å². The Bertz CT molecular complexity index is 1420. The van der Waals surface area contributed by atoms with Crippen LogP contribution in [0.25, 0.3) is 6.08 Å². The molecule has 0 bridgehead atoms. The maximum absolute atomic E-state index is 13.2. The van der Waals surface area contributed by atoms with Crippen molar-refractivity contribution in [1.29, 1.82) is 0 Å². The summed E-state index contributed by atoms with van der Waals surface area (Å²) in [5.74, 6) is -1.06. The van der Waals surface area contributed by atoms with E-state index >= 15 is 0 Å². The molecule has 3 aromatic rings. The van der Waals surface area contributed by atoms with Crippen molar-refractivity contribution in [1.82, 2.24) is 5.32 Å². The van der Waals surface area contributed by atoms with Gasteiger partial charge < -0.3 is 9.47 Å². The van der Waals surface area contributed by atoms with E-state index in [0.717, 1.165) is 10.5 Å². The first-order valence-corrected chi connectivity index (χ1v) is 11.7. The summed E-state index contributed by atoms with van der Waals surface area (Å²) in [6, 6.07) is 14.2. The number of carbonyl (C=O) groups excluding carboxylic acids is 3. The molecule has 0 unspecified atom stereocenters. The molecule has 0 spiro atoms. The van der Waals surface area contributed by atoms with Gasteiger partial charge in [0.25, 0.3) is 11.8 Å². The third-order valence-electron chi connectivity index (χ3n) is 5.42. The molecule has 1 saturated heterocycles. The van der Waals surface area contributed by atoms with Crippen LogP contribution < -0.4 is 19.7 Å². The number of urea groups is 1. The van der Waals surface area contributed by atoms with Crippen molar-refractivity contribution >= 4 is 64.4 Å². The van der Waals surface area contributed by atoms with Crippen molar-refractivity contribution in [3.05, 3.63) is 91.9 Å². The van der Waals surface area contributed by atoms with Gasteiger partial charge in [-0.3, -0.25) is 14.9 Å². The van der Waals surface area contributed by atoms with Crippen LogP contribution >= 0.6 is 34.8 Å². The number of halogens is 3. The van der Waals surface area contributed by atoms with Crippen LogP contribution in [0.5, 0.6) is 11.5 Å². The Kier molecular flexibility index (Phi) is 7.54. The maximum atomic E-state index is 13.2. The average molecular weight is 546 g/mol. The highest BCUT2D eigenvalue weighted by molar-refractivity contribution is 6.40. The summed E-state index contributed by atoms with van der Waals surface area (Å²) in [4.78, 5) is 39.2. The first kappa shape index (κ1) is 25.6. The van der Waals surface area contributed by atoms with E-state index in [1.165, 1.54) is 19.3 Å². The minimum atomic E-state index is -0.868. The Balaban J connectivity index is 1.66. The Hall–Kier alpha value is -3.52. The second-order valence-electron chi connectivity index (χ2n) is 7.79. The molecular weight excluding hydrogens is 527 g/mol. The van der Waals surface area contributed by atoms with Gasteiger partial charge in [0.15, 0.2) is 11.5 Å². The lowest BCUT2D eigenvalue weighted by atomic mass is 10.1. The predicted molar refractivity (Wildman–Crippen MR) is 139 cm³/mol. The van der Waals surface area contributed by atoms with E-state index < -0.39 is 17.8 Å². The van der Waals surface area contributed by atoms with Crippen LogP contribution in [0.3, 0.4) is 0 Å². The summed E-state index contributed by atoms with van der Waals surface area (Å²) in [6.07, 6.45) is 1.33. The van der Waals surface area contributed by atoms with E-state index in [9.17, 15) is 14.4 Å². The summed E-state index contributed by atoms with van der Waals surface area (Å²) in [7, 11) is 1.44. The molecule has 1 aliphatic heterocycles. The van der Waals surface area contributed by atoms with Crippen LogP contribution in [-0.2, 0) is 16.2 Å². The van der Waals surface area contributed by atoms with E-state index in [-0.39, 0.29) is 28.6 Å². The van der Waals surface area contributed by atoms with Crippen LogP contribution in [0, 0.1) is 6.92 Å². The SMILES string of the molecule is COc1cc(/C=C2\C(=O)NC(=O)N(c3cccc(Cl)c3C)C2=O)cc(Cl)c1OCc1cccc(Cl)c1. The zero-order chi connectivity index (χ0) is 26.0. The van der Waals surface area contributed by atoms with E-state index in [2.05, 4.69) is 5.32 Å². The fraction of sp³-hybridized carbons (Fsp3) is 0.115. The monoisotopic (exact) mass is 544 g/mol. The highest BCUT2D eigenvalue weighted by atomic mass is 35.5. The molecule has 0 aliphatic carbocycles. The molecule has 1 aliphatic rings. The number of methoxy groups -OCH3 is 1. The lowest BCUT2D eigenvalue weighted by molar-refractivity contribution is -0.122. The van der Waals surface area contributed by atoms with Crippen LogP contribution in [0.4, 0.5) is 10.5 Å². The highest BCUT2D eigenvalue weighted by Crippen LogP contribution is 2.38. The van der Waals surface area contributed by atoms with Gasteiger partial charge in [-0.05, 0) is 66.1 Å². The number of hydrogen-bond acceptors (Lipinski definition) is 5. The van der Waals surface area contributed by atoms with Crippen molar-refractivity contribution < 1.29 is 23.9 Å². The molecule has 3 aromatic carbocycles. The number of benzene rings is 3. The van der Waals surface area contributed by atoms with Gasteiger partial charge in [0.1, 0.15) is 12.2 Å². The third-order valence-corrected chi connectivity index (χ3v) is 6.34. The molecule has 1 fully saturated rings. The zero-order valence-electron chi connectivity index (χ0n) is 19.1. The van der Waals surface area contributed by atoms with E-state index in [4.69, 9.17) is 44.3 Å². The highest BCUT2D eigenvalue weighted by Gasteiger charge is 2.37. The summed E-state index contributed by atoms with van der Waals surface area (Å²) in [5, 5.41) is 3.34. The number of anilines is 1. The van der Waals surface area contributed by atoms with Crippen LogP contribution in [0.2, 0.25) is 15.1 Å². The largest absolute Gasteiger partial charge is 0.493 e. The lowest BCUT2D eigenvalue weighted by Gasteiger charge is -2.27. The Morgan fingerprint density at radius 1 is 0.972 bits per heavy atom. The topological polar surface area (TPSA) is 84.9 Å². The Morgan fingerprint density at radius 2 is 1.72 bits per heavy atom. The second-order valence-corrected chi connectivity index (χ2v) is 9.05. The van der Waals surface area contributed by atoms with E-state index in [0.29, 0.717) is 26.9 Å². The minimum absolute atomic E-state index is 0.189. The van der Waals surface area contributed by atoms with Gasteiger partial charge in [-0.15, -0.1) is 0 Å². The zero-order valence-corrected chi connectivity index (χ0v) is 21.4. The van der Waals surface area contributed by atoms with Gasteiger partial charge in [0.05, 0.1) is 17.8 Å². The number of rotatable bonds is 6.